The van der Waals surface area contributed by atoms with Gasteiger partial charge in [-0.15, -0.1) is 11.3 Å². The zero-order valence-electron chi connectivity index (χ0n) is 15.4. The average molecular weight is 415 g/mol. The first kappa shape index (κ1) is 18.6. The first-order chi connectivity index (χ1) is 13.1. The molecule has 8 heteroatoms. The van der Waals surface area contributed by atoms with Gasteiger partial charge in [0.2, 0.25) is 11.6 Å². The third kappa shape index (κ3) is 3.29. The highest BCUT2D eigenvalue weighted by Gasteiger charge is 2.43. The Bertz CT molecular complexity index is 1220. The quantitative estimate of drug-likeness (QED) is 0.603. The molecule has 0 saturated heterocycles. The van der Waals surface area contributed by atoms with E-state index in [0.29, 0.717) is 17.0 Å². The van der Waals surface area contributed by atoms with Gasteiger partial charge in [0.25, 0.3) is 0 Å². The van der Waals surface area contributed by atoms with Gasteiger partial charge >= 0.3 is 5.97 Å². The van der Waals surface area contributed by atoms with Gasteiger partial charge in [0, 0.05) is 12.3 Å². The molecule has 3 heterocycles. The molecule has 0 radical (unpaired) electrons. The summed E-state index contributed by atoms with van der Waals surface area (Å²) in [6, 6.07) is 11.8. The van der Waals surface area contributed by atoms with Gasteiger partial charge in [-0.25, -0.2) is 18.2 Å². The van der Waals surface area contributed by atoms with Gasteiger partial charge in [-0.05, 0) is 49.1 Å². The Morgan fingerprint density at radius 3 is 2.46 bits per heavy atom. The normalized spacial score (nSPS) is 16.5. The molecule has 0 bridgehead atoms. The van der Waals surface area contributed by atoms with Crippen LogP contribution in [0.5, 0.6) is 5.88 Å². The molecule has 28 heavy (non-hydrogen) atoms. The Morgan fingerprint density at radius 2 is 1.79 bits per heavy atom. The number of aromatic nitrogens is 1. The Balaban J connectivity index is 1.79. The van der Waals surface area contributed by atoms with Crippen molar-refractivity contribution in [3.8, 4) is 5.88 Å². The minimum Gasteiger partial charge on any atom is -0.449 e. The third-order valence-corrected chi connectivity index (χ3v) is 6.42. The van der Waals surface area contributed by atoms with Crippen LogP contribution in [0.1, 0.15) is 19.4 Å². The fourth-order valence-electron chi connectivity index (χ4n) is 3.14. The first-order valence-corrected chi connectivity index (χ1v) is 11.2. The predicted molar refractivity (Wildman–Crippen MR) is 107 cm³/mol. The van der Waals surface area contributed by atoms with Crippen molar-refractivity contribution in [3.05, 3.63) is 59.2 Å². The second-order valence-electron chi connectivity index (χ2n) is 6.96. The zero-order valence-corrected chi connectivity index (χ0v) is 17.1. The Labute approximate surface area is 166 Å². The topological polar surface area (TPSA) is 82.6 Å². The highest BCUT2D eigenvalue weighted by Crippen LogP contribution is 2.40. The highest BCUT2D eigenvalue weighted by molar-refractivity contribution is 7.90. The molecule has 6 nitrogen and oxygen atoms in total. The molecular weight excluding hydrogens is 398 g/mol. The summed E-state index contributed by atoms with van der Waals surface area (Å²) in [7, 11) is -3.31. The van der Waals surface area contributed by atoms with E-state index in [9.17, 15) is 13.2 Å². The monoisotopic (exact) mass is 415 g/mol. The zero-order chi connectivity index (χ0) is 20.1. The van der Waals surface area contributed by atoms with E-state index >= 15 is 0 Å². The molecule has 0 fully saturated rings. The maximum atomic E-state index is 12.5. The maximum absolute atomic E-state index is 12.5. The summed E-state index contributed by atoms with van der Waals surface area (Å²) < 4.78 is 35.8. The molecule has 1 aromatic carbocycles. The molecule has 0 N–H and O–H groups in total. The fourth-order valence-corrected chi connectivity index (χ4v) is 4.50. The molecular formula is C20H17NO5S2. The lowest BCUT2D eigenvalue weighted by molar-refractivity contribution is -0.145. The lowest BCUT2D eigenvalue weighted by Crippen LogP contribution is -2.22. The van der Waals surface area contributed by atoms with Crippen molar-refractivity contribution in [2.45, 2.75) is 24.3 Å². The number of benzene rings is 1. The SMILES string of the molecule is CC1(C)OC(=O)C(Oc2ccc3sccc3n2)=C1c1ccc(S(C)(=O)=O)cc1. The van der Waals surface area contributed by atoms with Crippen molar-refractivity contribution < 1.29 is 22.7 Å². The van der Waals surface area contributed by atoms with Crippen LogP contribution >= 0.6 is 11.3 Å². The third-order valence-electron chi connectivity index (χ3n) is 4.42. The van der Waals surface area contributed by atoms with Crippen molar-refractivity contribution in [3.63, 3.8) is 0 Å². The molecule has 0 spiro atoms. The van der Waals surface area contributed by atoms with E-state index in [1.807, 2.05) is 17.5 Å². The molecule has 0 aliphatic carbocycles. The first-order valence-electron chi connectivity index (χ1n) is 8.46. The lowest BCUT2D eigenvalue weighted by atomic mass is 9.92. The fraction of sp³-hybridized carbons (Fsp3) is 0.200. The molecule has 144 valence electrons. The summed E-state index contributed by atoms with van der Waals surface area (Å²) in [5.74, 6) is -0.237. The molecule has 2 aromatic heterocycles. The number of rotatable bonds is 4. The van der Waals surface area contributed by atoms with E-state index in [1.165, 1.54) is 12.1 Å². The van der Waals surface area contributed by atoms with E-state index in [-0.39, 0.29) is 10.7 Å². The maximum Gasteiger partial charge on any atom is 0.375 e. The van der Waals surface area contributed by atoms with Crippen molar-refractivity contribution in [2.75, 3.05) is 6.26 Å². The van der Waals surface area contributed by atoms with Crippen LogP contribution in [-0.2, 0) is 19.4 Å². The Hall–Kier alpha value is -2.71. The highest BCUT2D eigenvalue weighted by atomic mass is 32.2. The lowest BCUT2D eigenvalue weighted by Gasteiger charge is -2.21. The molecule has 0 amide bonds. The number of hydrogen-bond acceptors (Lipinski definition) is 7. The number of ether oxygens (including phenoxy) is 2. The van der Waals surface area contributed by atoms with E-state index in [2.05, 4.69) is 4.98 Å². The summed E-state index contributed by atoms with van der Waals surface area (Å²) in [6.07, 6.45) is 1.15. The summed E-state index contributed by atoms with van der Waals surface area (Å²) >= 11 is 1.57. The molecule has 3 aromatic rings. The molecule has 0 atom stereocenters. The van der Waals surface area contributed by atoms with Gasteiger partial charge in [-0.2, -0.15) is 0 Å². The number of fused-ring (bicyclic) bond motifs is 1. The van der Waals surface area contributed by atoms with Gasteiger partial charge < -0.3 is 9.47 Å². The predicted octanol–water partition coefficient (Wildman–Crippen LogP) is 3.83. The second-order valence-corrected chi connectivity index (χ2v) is 9.92. The number of cyclic esters (lactones) is 1. The number of sulfone groups is 1. The Morgan fingerprint density at radius 1 is 1.07 bits per heavy atom. The molecule has 0 unspecified atom stereocenters. The minimum absolute atomic E-state index is 0.0548. The van der Waals surface area contributed by atoms with E-state index in [4.69, 9.17) is 9.47 Å². The largest absolute Gasteiger partial charge is 0.449 e. The number of carbonyl (C=O) groups excluding carboxylic acids is 1. The minimum atomic E-state index is -3.31. The van der Waals surface area contributed by atoms with Crippen LogP contribution in [-0.4, -0.2) is 31.2 Å². The van der Waals surface area contributed by atoms with Crippen LogP contribution < -0.4 is 4.74 Å². The van der Waals surface area contributed by atoms with E-state index in [0.717, 1.165) is 16.5 Å². The Kier molecular flexibility index (Phi) is 4.28. The van der Waals surface area contributed by atoms with Crippen molar-refractivity contribution in [2.24, 2.45) is 0 Å². The van der Waals surface area contributed by atoms with Crippen LogP contribution in [0.15, 0.2) is 58.5 Å². The number of carbonyl (C=O) groups is 1. The van der Waals surface area contributed by atoms with Crippen molar-refractivity contribution in [1.29, 1.82) is 0 Å². The number of thiophene rings is 1. The van der Waals surface area contributed by atoms with Crippen LogP contribution in [0.2, 0.25) is 0 Å². The standard InChI is InChI=1S/C20H17NO5S2/c1-20(2)17(12-4-6-13(7-5-12)28(3,23)24)18(19(22)26-20)25-16-9-8-15-14(21-16)10-11-27-15/h4-11H,1-3H3. The number of hydrogen-bond donors (Lipinski definition) is 0. The van der Waals surface area contributed by atoms with Gasteiger partial charge in [0.15, 0.2) is 9.84 Å². The van der Waals surface area contributed by atoms with Crippen LogP contribution in [0, 0.1) is 0 Å². The van der Waals surface area contributed by atoms with Crippen molar-refractivity contribution in [1.82, 2.24) is 4.98 Å². The molecule has 1 aliphatic heterocycles. The van der Waals surface area contributed by atoms with E-state index in [1.54, 1.807) is 43.4 Å². The summed E-state index contributed by atoms with van der Waals surface area (Å²) in [6.45, 7) is 3.52. The summed E-state index contributed by atoms with van der Waals surface area (Å²) in [5.41, 5.74) is 1.05. The van der Waals surface area contributed by atoms with Crippen LogP contribution in [0.4, 0.5) is 0 Å². The molecule has 4 rings (SSSR count). The number of pyridine rings is 1. The van der Waals surface area contributed by atoms with Gasteiger partial charge in [0.05, 0.1) is 20.7 Å². The summed E-state index contributed by atoms with van der Waals surface area (Å²) in [5, 5.41) is 1.93. The van der Waals surface area contributed by atoms with Gasteiger partial charge in [0.1, 0.15) is 5.60 Å². The molecule has 1 aliphatic rings. The van der Waals surface area contributed by atoms with Crippen molar-refractivity contribution >= 4 is 42.9 Å². The van der Waals surface area contributed by atoms with Gasteiger partial charge in [-0.3, -0.25) is 0 Å². The summed E-state index contributed by atoms with van der Waals surface area (Å²) in [4.78, 5) is 17.1. The van der Waals surface area contributed by atoms with Gasteiger partial charge in [-0.1, -0.05) is 12.1 Å². The number of esters is 1. The van der Waals surface area contributed by atoms with Crippen LogP contribution in [0.25, 0.3) is 15.8 Å². The van der Waals surface area contributed by atoms with E-state index < -0.39 is 21.4 Å². The average Bonchev–Trinajstić information content (AvgIpc) is 3.16. The smallest absolute Gasteiger partial charge is 0.375 e. The number of nitrogens with zero attached hydrogens (tertiary/aromatic N) is 1. The van der Waals surface area contributed by atoms with Crippen LogP contribution in [0.3, 0.4) is 0 Å². The second kappa shape index (κ2) is 6.42. The molecule has 0 saturated carbocycles.